The second-order valence-electron chi connectivity index (χ2n) is 10.3. The predicted molar refractivity (Wildman–Crippen MR) is 174 cm³/mol. The third-order valence-corrected chi connectivity index (χ3v) is 6.83. The maximum absolute atomic E-state index is 4.35. The third kappa shape index (κ3) is 30.5. The quantitative estimate of drug-likeness (QED) is 0.0962. The summed E-state index contributed by atoms with van der Waals surface area (Å²) in [5.41, 5.74) is 7.34. The fourth-order valence-electron chi connectivity index (χ4n) is 3.36. The molecule has 4 heteroatoms. The van der Waals surface area contributed by atoms with Crippen molar-refractivity contribution in [1.29, 1.82) is 0 Å². The van der Waals surface area contributed by atoms with Crippen molar-refractivity contribution in [2.45, 2.75) is 153 Å². The summed E-state index contributed by atoms with van der Waals surface area (Å²) in [6, 6.07) is 0. The molecule has 0 saturated heterocycles. The van der Waals surface area contributed by atoms with E-state index in [1.807, 2.05) is 0 Å². The van der Waals surface area contributed by atoms with Crippen LogP contribution in [0, 0.1) is 34.6 Å². The van der Waals surface area contributed by atoms with Gasteiger partial charge in [0.25, 0.3) is 0 Å². The van der Waals surface area contributed by atoms with E-state index in [-0.39, 0.29) is 21.7 Å². The van der Waals surface area contributed by atoms with E-state index in [1.165, 1.54) is 105 Å². The third-order valence-electron chi connectivity index (χ3n) is 6.83. The van der Waals surface area contributed by atoms with Crippen LogP contribution in [-0.4, -0.2) is 39.3 Å². The van der Waals surface area contributed by atoms with Crippen LogP contribution in [0.25, 0.3) is 16.0 Å². The molecule has 0 aliphatic carbocycles. The van der Waals surface area contributed by atoms with Crippen molar-refractivity contribution >= 4 is 0 Å². The first-order valence-electron chi connectivity index (χ1n) is 15.9. The molecule has 0 saturated carbocycles. The topological polar surface area (TPSA) is 42.3 Å². The van der Waals surface area contributed by atoms with Gasteiger partial charge in [-0.25, -0.2) is 0 Å². The van der Waals surface area contributed by atoms with E-state index in [4.69, 9.17) is 0 Å². The Bertz CT molecular complexity index is 423. The fraction of sp³-hybridized carbons (Fsp3) is 0.853. The largest absolute Gasteiger partial charge is 4.00 e. The molecule has 38 heavy (non-hydrogen) atoms. The number of hydrogen-bond acceptors (Lipinski definition) is 0. The van der Waals surface area contributed by atoms with E-state index in [0.29, 0.717) is 0 Å². The zero-order valence-electron chi connectivity index (χ0n) is 28.1. The smallest absolute Gasteiger partial charge is 0.662 e. The zero-order chi connectivity index (χ0) is 28.7. The summed E-state index contributed by atoms with van der Waals surface area (Å²) in [5.74, 6) is 0. The van der Waals surface area contributed by atoms with Gasteiger partial charge < -0.3 is 16.0 Å². The van der Waals surface area contributed by atoms with Gasteiger partial charge in [-0.15, -0.1) is 39.3 Å². The molecular formula is C34H69N3Ti. The van der Waals surface area contributed by atoms with Crippen LogP contribution in [0.4, 0.5) is 0 Å². The van der Waals surface area contributed by atoms with Gasteiger partial charge in [-0.2, -0.15) is 27.8 Å². The molecule has 224 valence electrons. The number of unbranched alkanes of at least 4 members (excludes halogenated alkanes) is 6. The Balaban J connectivity index is -0.000000201. The molecular weight excluding hydrogens is 498 g/mol. The van der Waals surface area contributed by atoms with Crippen LogP contribution in [0.1, 0.15) is 146 Å². The molecule has 1 aromatic carbocycles. The van der Waals surface area contributed by atoms with Gasteiger partial charge in [0.1, 0.15) is 0 Å². The van der Waals surface area contributed by atoms with Crippen molar-refractivity contribution < 1.29 is 21.7 Å². The SMILES string of the molecule is CCCC[N-]CCCC.CCCC[N-]CCCC.CCCC[N-]CCCC.Cc1c(C)c(C)[c-](C)c1C.[Ti+4]. The Hall–Kier alpha value is -0.0557. The van der Waals surface area contributed by atoms with Gasteiger partial charge in [0.2, 0.25) is 0 Å². The van der Waals surface area contributed by atoms with Gasteiger partial charge in [-0.3, -0.25) is 0 Å². The maximum Gasteiger partial charge on any atom is 4.00 e. The Kier molecular flexibility index (Phi) is 43.7. The molecule has 0 amide bonds. The Morgan fingerprint density at radius 2 is 0.605 bits per heavy atom. The van der Waals surface area contributed by atoms with Crippen LogP contribution in [0.3, 0.4) is 0 Å². The van der Waals surface area contributed by atoms with E-state index in [1.54, 1.807) is 0 Å². The molecule has 1 aromatic rings. The van der Waals surface area contributed by atoms with Crippen molar-refractivity contribution in [3.8, 4) is 0 Å². The number of nitrogens with zero attached hydrogens (tertiary/aromatic N) is 3. The Morgan fingerprint density at radius 1 is 0.421 bits per heavy atom. The average Bonchev–Trinajstić information content (AvgIpc) is 3.07. The van der Waals surface area contributed by atoms with E-state index >= 15 is 0 Å². The Labute approximate surface area is 257 Å². The van der Waals surface area contributed by atoms with Gasteiger partial charge in [0, 0.05) is 0 Å². The molecule has 0 N–H and O–H groups in total. The minimum Gasteiger partial charge on any atom is -0.662 e. The Morgan fingerprint density at radius 3 is 0.711 bits per heavy atom. The molecule has 0 atom stereocenters. The molecule has 0 bridgehead atoms. The zero-order valence-corrected chi connectivity index (χ0v) is 29.6. The molecule has 0 spiro atoms. The molecule has 0 aromatic heterocycles. The summed E-state index contributed by atoms with van der Waals surface area (Å²) < 4.78 is 0. The van der Waals surface area contributed by atoms with Crippen molar-refractivity contribution in [2.75, 3.05) is 39.3 Å². The number of rotatable bonds is 18. The molecule has 0 aliphatic rings. The van der Waals surface area contributed by atoms with Crippen LogP contribution < -0.4 is 0 Å². The van der Waals surface area contributed by atoms with Crippen LogP contribution in [0.5, 0.6) is 0 Å². The molecule has 0 unspecified atom stereocenters. The predicted octanol–water partition coefficient (Wildman–Crippen LogP) is 11.8. The van der Waals surface area contributed by atoms with Crippen molar-refractivity contribution in [3.63, 3.8) is 0 Å². The minimum absolute atomic E-state index is 0. The molecule has 0 fully saturated rings. The van der Waals surface area contributed by atoms with Crippen molar-refractivity contribution in [1.82, 2.24) is 0 Å². The minimum atomic E-state index is 0. The van der Waals surface area contributed by atoms with Crippen LogP contribution >= 0.6 is 0 Å². The molecule has 0 aliphatic heterocycles. The first-order valence-corrected chi connectivity index (χ1v) is 15.9. The van der Waals surface area contributed by atoms with Gasteiger partial charge in [-0.05, 0) is 0 Å². The number of hydrogen-bond donors (Lipinski definition) is 0. The summed E-state index contributed by atoms with van der Waals surface area (Å²) in [4.78, 5) is 0. The fourth-order valence-corrected chi connectivity index (χ4v) is 3.36. The first kappa shape index (κ1) is 44.9. The summed E-state index contributed by atoms with van der Waals surface area (Å²) in [6.45, 7) is 30.7. The molecule has 0 radical (unpaired) electrons. The van der Waals surface area contributed by atoms with E-state index in [0.717, 1.165) is 39.3 Å². The molecule has 0 heterocycles. The van der Waals surface area contributed by atoms with Gasteiger partial charge in [0.15, 0.2) is 0 Å². The summed E-state index contributed by atoms with van der Waals surface area (Å²) in [5, 5.41) is 13.1. The van der Waals surface area contributed by atoms with E-state index < -0.39 is 0 Å². The van der Waals surface area contributed by atoms with E-state index in [2.05, 4.69) is 92.1 Å². The standard InChI is InChI=1S/C10H15.3C8H18N.Ti/c1-6-7(2)9(4)10(5)8(6)3;3*1-3-5-7-9-8-6-4-2;/h1-5H3;3*3-8H2,1-2H3;/q4*-1;+4. The summed E-state index contributed by atoms with van der Waals surface area (Å²) >= 11 is 0. The van der Waals surface area contributed by atoms with Crippen molar-refractivity contribution in [3.05, 3.63) is 43.8 Å². The van der Waals surface area contributed by atoms with E-state index in [9.17, 15) is 0 Å². The first-order chi connectivity index (χ1) is 17.8. The van der Waals surface area contributed by atoms with Gasteiger partial charge in [0.05, 0.1) is 0 Å². The van der Waals surface area contributed by atoms with Crippen molar-refractivity contribution in [2.24, 2.45) is 0 Å². The molecule has 3 nitrogen and oxygen atoms in total. The van der Waals surface area contributed by atoms with Gasteiger partial charge in [-0.1, -0.05) is 153 Å². The second-order valence-corrected chi connectivity index (χ2v) is 10.3. The average molecular weight is 568 g/mol. The molecule has 1 rings (SSSR count). The van der Waals surface area contributed by atoms with Crippen LogP contribution in [0.2, 0.25) is 0 Å². The second kappa shape index (κ2) is 36.9. The van der Waals surface area contributed by atoms with Gasteiger partial charge >= 0.3 is 21.7 Å². The normalized spacial score (nSPS) is 9.87. The maximum atomic E-state index is 4.35. The van der Waals surface area contributed by atoms with Crippen LogP contribution in [-0.2, 0) is 21.7 Å². The summed E-state index contributed by atoms with van der Waals surface area (Å²) in [7, 11) is 0. The van der Waals surface area contributed by atoms with Crippen LogP contribution in [0.15, 0.2) is 0 Å². The monoisotopic (exact) mass is 567 g/mol. The summed E-state index contributed by atoms with van der Waals surface area (Å²) in [6.07, 6.45) is 15.2.